The predicted octanol–water partition coefficient (Wildman–Crippen LogP) is 6.82. The van der Waals surface area contributed by atoms with Crippen molar-refractivity contribution in [1.82, 2.24) is 9.47 Å². The van der Waals surface area contributed by atoms with Gasteiger partial charge in [0.15, 0.2) is 0 Å². The number of aryl methyl sites for hydroxylation is 2. The van der Waals surface area contributed by atoms with Gasteiger partial charge >= 0.3 is 12.2 Å². The van der Waals surface area contributed by atoms with E-state index < -0.39 is 17.3 Å². The van der Waals surface area contributed by atoms with Gasteiger partial charge in [-0.3, -0.25) is 4.57 Å². The van der Waals surface area contributed by atoms with Crippen molar-refractivity contribution in [3.63, 3.8) is 0 Å². The molecule has 3 aromatic rings. The molecule has 7 nitrogen and oxygen atoms in total. The number of hydrogen-bond donors (Lipinski definition) is 0. The molecule has 2 heterocycles. The lowest BCUT2D eigenvalue weighted by Crippen LogP contribution is -2.36. The summed E-state index contributed by atoms with van der Waals surface area (Å²) in [5.74, 6) is 0.678. The maximum absolute atomic E-state index is 12.9. The van der Waals surface area contributed by atoms with E-state index in [1.54, 1.807) is 15.7 Å². The Bertz CT molecular complexity index is 1300. The second kappa shape index (κ2) is 9.77. The molecule has 1 amide bonds. The molecule has 0 spiro atoms. The number of ether oxygens (including phenoxy) is 3. The summed E-state index contributed by atoms with van der Waals surface area (Å²) in [6, 6.07) is 14.0. The standard InChI is InChI=1S/C30H38N2O5/c1-19-16-20(2)26(22-14-15-32(25(19)22)28(34)37-30(6,7)8)35-24-18-31(27(33)36-29(3,4)5)17-23(24)21-12-10-9-11-13-21/h9-16,23-24H,17-18H2,1-8H3/t23-,24+/m0/s1. The highest BCUT2D eigenvalue weighted by atomic mass is 16.6. The van der Waals surface area contributed by atoms with E-state index >= 15 is 0 Å². The van der Waals surface area contributed by atoms with Gasteiger partial charge in [0, 0.05) is 24.0 Å². The third-order valence-corrected chi connectivity index (χ3v) is 6.30. The largest absolute Gasteiger partial charge is 0.487 e. The second-order valence-corrected chi connectivity index (χ2v) is 11.8. The lowest BCUT2D eigenvalue weighted by atomic mass is 9.96. The van der Waals surface area contributed by atoms with Gasteiger partial charge in [-0.2, -0.15) is 0 Å². The Labute approximate surface area is 219 Å². The van der Waals surface area contributed by atoms with E-state index in [0.29, 0.717) is 18.8 Å². The number of fused-ring (bicyclic) bond motifs is 1. The lowest BCUT2D eigenvalue weighted by Gasteiger charge is -2.24. The van der Waals surface area contributed by atoms with Crippen LogP contribution in [0.3, 0.4) is 0 Å². The van der Waals surface area contributed by atoms with E-state index in [0.717, 1.165) is 27.6 Å². The van der Waals surface area contributed by atoms with Crippen molar-refractivity contribution in [1.29, 1.82) is 0 Å². The smallest absolute Gasteiger partial charge is 0.419 e. The molecule has 1 aliphatic rings. The van der Waals surface area contributed by atoms with Crippen LogP contribution in [0.4, 0.5) is 9.59 Å². The van der Waals surface area contributed by atoms with E-state index in [4.69, 9.17) is 14.2 Å². The van der Waals surface area contributed by atoms with Gasteiger partial charge in [-0.25, -0.2) is 9.59 Å². The molecule has 2 aromatic carbocycles. The van der Waals surface area contributed by atoms with Gasteiger partial charge in [-0.15, -0.1) is 0 Å². The van der Waals surface area contributed by atoms with Crippen molar-refractivity contribution in [2.45, 2.75) is 78.6 Å². The van der Waals surface area contributed by atoms with E-state index in [-0.39, 0.29) is 18.1 Å². The first-order valence-corrected chi connectivity index (χ1v) is 12.8. The molecular formula is C30H38N2O5. The summed E-state index contributed by atoms with van der Waals surface area (Å²) in [7, 11) is 0. The normalized spacial score (nSPS) is 18.2. The van der Waals surface area contributed by atoms with Crippen LogP contribution in [0.25, 0.3) is 10.9 Å². The van der Waals surface area contributed by atoms with Gasteiger partial charge in [0.2, 0.25) is 0 Å². The number of likely N-dealkylation sites (tertiary alicyclic amines) is 1. The summed E-state index contributed by atoms with van der Waals surface area (Å²) in [5, 5.41) is 0.839. The van der Waals surface area contributed by atoms with Gasteiger partial charge in [0.25, 0.3) is 0 Å². The van der Waals surface area contributed by atoms with Crippen LogP contribution in [-0.4, -0.2) is 52.0 Å². The fraction of sp³-hybridized carbons (Fsp3) is 0.467. The van der Waals surface area contributed by atoms with E-state index in [1.807, 2.05) is 85.7 Å². The number of carbonyl (C=O) groups excluding carboxylic acids is 2. The zero-order valence-corrected chi connectivity index (χ0v) is 23.1. The Morgan fingerprint density at radius 3 is 2.08 bits per heavy atom. The Balaban J connectivity index is 1.70. The SMILES string of the molecule is Cc1cc(C)c2c(ccn2C(=O)OC(C)(C)C)c1O[C@@H]1CN(C(=O)OC(C)(C)C)C[C@H]1c1ccccc1. The van der Waals surface area contributed by atoms with Gasteiger partial charge in [-0.1, -0.05) is 36.4 Å². The van der Waals surface area contributed by atoms with Crippen molar-refractivity contribution < 1.29 is 23.8 Å². The van der Waals surface area contributed by atoms with Crippen LogP contribution in [0.2, 0.25) is 0 Å². The van der Waals surface area contributed by atoms with Crippen LogP contribution < -0.4 is 4.74 Å². The number of nitrogens with zero attached hydrogens (tertiary/aromatic N) is 2. The molecule has 4 rings (SSSR count). The molecule has 1 saturated heterocycles. The van der Waals surface area contributed by atoms with Crippen molar-refractivity contribution in [3.05, 3.63) is 65.4 Å². The molecule has 0 unspecified atom stereocenters. The van der Waals surface area contributed by atoms with E-state index in [2.05, 4.69) is 12.1 Å². The van der Waals surface area contributed by atoms with Crippen molar-refractivity contribution in [3.8, 4) is 5.75 Å². The van der Waals surface area contributed by atoms with Crippen LogP contribution in [0.1, 0.15) is 64.2 Å². The Morgan fingerprint density at radius 1 is 0.838 bits per heavy atom. The Morgan fingerprint density at radius 2 is 1.46 bits per heavy atom. The Kier molecular flexibility index (Phi) is 7.01. The van der Waals surface area contributed by atoms with Crippen molar-refractivity contribution in [2.24, 2.45) is 0 Å². The van der Waals surface area contributed by atoms with Crippen molar-refractivity contribution in [2.75, 3.05) is 13.1 Å². The molecule has 7 heteroatoms. The van der Waals surface area contributed by atoms with E-state index in [9.17, 15) is 9.59 Å². The summed E-state index contributed by atoms with van der Waals surface area (Å²) in [6.07, 6.45) is 0.666. The first-order valence-electron chi connectivity index (χ1n) is 12.8. The molecule has 2 atom stereocenters. The number of carbonyl (C=O) groups is 2. The van der Waals surface area contributed by atoms with Crippen LogP contribution >= 0.6 is 0 Å². The van der Waals surface area contributed by atoms with Gasteiger partial charge < -0.3 is 19.1 Å². The number of rotatable bonds is 3. The number of amides is 1. The van der Waals surface area contributed by atoms with Crippen LogP contribution in [-0.2, 0) is 9.47 Å². The fourth-order valence-corrected chi connectivity index (χ4v) is 4.85. The molecule has 0 bridgehead atoms. The minimum atomic E-state index is -0.608. The Hall–Kier alpha value is -3.48. The maximum atomic E-state index is 12.9. The molecule has 37 heavy (non-hydrogen) atoms. The summed E-state index contributed by atoms with van der Waals surface area (Å²) in [6.45, 7) is 16.0. The molecule has 198 valence electrons. The monoisotopic (exact) mass is 506 g/mol. The summed E-state index contributed by atoms with van der Waals surface area (Å²) >= 11 is 0. The summed E-state index contributed by atoms with van der Waals surface area (Å²) < 4.78 is 19.6. The highest BCUT2D eigenvalue weighted by Crippen LogP contribution is 2.38. The van der Waals surface area contributed by atoms with Crippen LogP contribution in [0, 0.1) is 13.8 Å². The zero-order valence-electron chi connectivity index (χ0n) is 23.1. The summed E-state index contributed by atoms with van der Waals surface area (Å²) in [4.78, 5) is 27.6. The molecular weight excluding hydrogens is 468 g/mol. The quantitative estimate of drug-likeness (QED) is 0.390. The number of benzene rings is 2. The van der Waals surface area contributed by atoms with Crippen LogP contribution in [0.15, 0.2) is 48.7 Å². The fourth-order valence-electron chi connectivity index (χ4n) is 4.85. The minimum absolute atomic E-state index is 0.0302. The van der Waals surface area contributed by atoms with Crippen molar-refractivity contribution >= 4 is 23.1 Å². The highest BCUT2D eigenvalue weighted by molar-refractivity contribution is 5.96. The van der Waals surface area contributed by atoms with Crippen LogP contribution in [0.5, 0.6) is 5.75 Å². The average Bonchev–Trinajstić information content (AvgIpc) is 3.40. The molecule has 1 fully saturated rings. The molecule has 0 aliphatic carbocycles. The first-order chi connectivity index (χ1) is 17.2. The van der Waals surface area contributed by atoms with Gasteiger partial charge in [0.05, 0.1) is 12.1 Å². The van der Waals surface area contributed by atoms with Gasteiger partial charge in [-0.05, 0) is 78.1 Å². The zero-order chi connectivity index (χ0) is 27.1. The maximum Gasteiger partial charge on any atom is 0.419 e. The predicted molar refractivity (Wildman–Crippen MR) is 144 cm³/mol. The van der Waals surface area contributed by atoms with Gasteiger partial charge in [0.1, 0.15) is 23.1 Å². The molecule has 1 aliphatic heterocycles. The highest BCUT2D eigenvalue weighted by Gasteiger charge is 2.40. The molecule has 0 saturated carbocycles. The average molecular weight is 507 g/mol. The third kappa shape index (κ3) is 5.92. The number of aromatic nitrogens is 1. The third-order valence-electron chi connectivity index (χ3n) is 6.30. The topological polar surface area (TPSA) is 70.0 Å². The summed E-state index contributed by atoms with van der Waals surface area (Å²) in [5.41, 5.74) is 2.59. The van der Waals surface area contributed by atoms with E-state index in [1.165, 1.54) is 0 Å². The molecule has 1 aromatic heterocycles. The molecule has 0 radical (unpaired) electrons. The molecule has 0 N–H and O–H groups in total. The minimum Gasteiger partial charge on any atom is -0.487 e. The first kappa shape index (κ1) is 26.6. The number of hydrogen-bond acceptors (Lipinski definition) is 5. The lowest BCUT2D eigenvalue weighted by molar-refractivity contribution is 0.0275. The second-order valence-electron chi connectivity index (χ2n) is 11.8.